The van der Waals surface area contributed by atoms with Gasteiger partial charge in [0.25, 0.3) is 11.8 Å². The van der Waals surface area contributed by atoms with Gasteiger partial charge in [-0.1, -0.05) is 0 Å². The third kappa shape index (κ3) is 7.74. The molecule has 0 radical (unpaired) electrons. The van der Waals surface area contributed by atoms with E-state index in [1.54, 1.807) is 40.5 Å². The second kappa shape index (κ2) is 10.0. The fourth-order valence-electron chi connectivity index (χ4n) is 2.56. The van der Waals surface area contributed by atoms with Crippen molar-refractivity contribution < 1.29 is 28.7 Å². The van der Waals surface area contributed by atoms with Crippen LogP contribution in [0, 0.1) is 0 Å². The van der Waals surface area contributed by atoms with Gasteiger partial charge in [0.15, 0.2) is 24.6 Å². The summed E-state index contributed by atoms with van der Waals surface area (Å²) in [7, 11) is 6.46. The second-order valence-electron chi connectivity index (χ2n) is 7.40. The van der Waals surface area contributed by atoms with Crippen LogP contribution in [0.1, 0.15) is 26.3 Å². The number of rotatable bonds is 9. The predicted molar refractivity (Wildman–Crippen MR) is 102 cm³/mol. The number of quaternary nitrogens is 1. The topological polar surface area (TPSA) is 90.3 Å². The Bertz CT molecular complexity index is 655. The third-order valence-electron chi connectivity index (χ3n) is 3.70. The molecule has 1 aromatic carbocycles. The molecule has 2 amide bonds. The summed E-state index contributed by atoms with van der Waals surface area (Å²) in [5.41, 5.74) is 0.482. The minimum absolute atomic E-state index is 0.0886. The van der Waals surface area contributed by atoms with E-state index in [0.29, 0.717) is 17.2 Å². The molecule has 1 rings (SSSR count). The molecule has 0 saturated heterocycles. The number of ether oxygens (including phenoxy) is 3. The smallest absolute Gasteiger partial charge is 0.275 e. The summed E-state index contributed by atoms with van der Waals surface area (Å²) < 4.78 is 15.9. The first-order valence-electron chi connectivity index (χ1n) is 8.77. The molecule has 0 bridgehead atoms. The van der Waals surface area contributed by atoms with Crippen LogP contribution in [0.15, 0.2) is 12.1 Å². The number of carbonyl (C=O) groups excluding carboxylic acids is 2. The minimum atomic E-state index is -0.288. The maximum atomic E-state index is 12.2. The second-order valence-corrected chi connectivity index (χ2v) is 7.40. The highest BCUT2D eigenvalue weighted by atomic mass is 16.5. The third-order valence-corrected chi connectivity index (χ3v) is 3.70. The van der Waals surface area contributed by atoms with Crippen LogP contribution in [0.5, 0.6) is 17.2 Å². The highest BCUT2D eigenvalue weighted by Gasteiger charge is 2.19. The SMILES string of the molecule is COc1cc(OC)c(OC)cc1CNC(=O)C[NH+](C)CC(=O)NC(C)(C)C. The Morgan fingerprint density at radius 3 is 1.96 bits per heavy atom. The predicted octanol–water partition coefficient (Wildman–Crippen LogP) is -0.242. The van der Waals surface area contributed by atoms with Gasteiger partial charge in [-0.3, -0.25) is 9.59 Å². The van der Waals surface area contributed by atoms with Crippen LogP contribution < -0.4 is 29.7 Å². The summed E-state index contributed by atoms with van der Waals surface area (Å²) in [6.45, 7) is 6.46. The Balaban J connectivity index is 2.62. The zero-order chi connectivity index (χ0) is 20.6. The average Bonchev–Trinajstić information content (AvgIpc) is 2.56. The van der Waals surface area contributed by atoms with Crippen molar-refractivity contribution in [1.82, 2.24) is 10.6 Å². The number of likely N-dealkylation sites (N-methyl/N-ethyl adjacent to an activating group) is 1. The van der Waals surface area contributed by atoms with Crippen molar-refractivity contribution in [2.75, 3.05) is 41.5 Å². The first-order chi connectivity index (χ1) is 12.6. The van der Waals surface area contributed by atoms with Crippen LogP contribution in [-0.4, -0.2) is 58.8 Å². The molecule has 0 aliphatic rings. The molecule has 0 heterocycles. The molecule has 3 N–H and O–H groups in total. The van der Waals surface area contributed by atoms with Gasteiger partial charge in [-0.25, -0.2) is 0 Å². The lowest BCUT2D eigenvalue weighted by Crippen LogP contribution is -3.11. The lowest BCUT2D eigenvalue weighted by atomic mass is 10.1. The fourth-order valence-corrected chi connectivity index (χ4v) is 2.56. The summed E-state index contributed by atoms with van der Waals surface area (Å²) >= 11 is 0. The molecule has 0 saturated carbocycles. The molecule has 0 aromatic heterocycles. The summed E-state index contributed by atoms with van der Waals surface area (Å²) in [6, 6.07) is 3.49. The van der Waals surface area contributed by atoms with Crippen LogP contribution in [0.25, 0.3) is 0 Å². The molecule has 8 nitrogen and oxygen atoms in total. The first kappa shape index (κ1) is 22.6. The normalized spacial score (nSPS) is 12.1. The van der Waals surface area contributed by atoms with Crippen molar-refractivity contribution in [3.8, 4) is 17.2 Å². The van der Waals surface area contributed by atoms with Gasteiger partial charge in [-0.15, -0.1) is 0 Å². The molecule has 0 aliphatic heterocycles. The maximum Gasteiger partial charge on any atom is 0.275 e. The number of amides is 2. The van der Waals surface area contributed by atoms with Crippen molar-refractivity contribution in [3.63, 3.8) is 0 Å². The summed E-state index contributed by atoms with van der Waals surface area (Å²) in [6.07, 6.45) is 0. The van der Waals surface area contributed by atoms with Crippen molar-refractivity contribution in [1.29, 1.82) is 0 Å². The molecule has 8 heteroatoms. The average molecular weight is 382 g/mol. The molecule has 1 unspecified atom stereocenters. The monoisotopic (exact) mass is 382 g/mol. The van der Waals surface area contributed by atoms with Crippen molar-refractivity contribution in [2.45, 2.75) is 32.9 Å². The van der Waals surface area contributed by atoms with Gasteiger partial charge < -0.3 is 29.7 Å². The van der Waals surface area contributed by atoms with Crippen LogP contribution >= 0.6 is 0 Å². The highest BCUT2D eigenvalue weighted by Crippen LogP contribution is 2.34. The minimum Gasteiger partial charge on any atom is -0.496 e. The summed E-state index contributed by atoms with van der Waals surface area (Å²) in [4.78, 5) is 24.9. The first-order valence-corrected chi connectivity index (χ1v) is 8.77. The van der Waals surface area contributed by atoms with Gasteiger partial charge >= 0.3 is 0 Å². The van der Waals surface area contributed by atoms with E-state index in [0.717, 1.165) is 10.5 Å². The maximum absolute atomic E-state index is 12.2. The van der Waals surface area contributed by atoms with E-state index in [2.05, 4.69) is 10.6 Å². The van der Waals surface area contributed by atoms with E-state index >= 15 is 0 Å². The van der Waals surface area contributed by atoms with Gasteiger partial charge in [0.2, 0.25) is 0 Å². The van der Waals surface area contributed by atoms with E-state index in [1.165, 1.54) is 0 Å². The molecular weight excluding hydrogens is 350 g/mol. The molecular formula is C19H32N3O5+. The largest absolute Gasteiger partial charge is 0.496 e. The number of carbonyl (C=O) groups is 2. The number of hydrogen-bond donors (Lipinski definition) is 3. The van der Waals surface area contributed by atoms with Crippen LogP contribution in [-0.2, 0) is 16.1 Å². The number of nitrogens with one attached hydrogen (secondary N) is 3. The molecule has 0 fully saturated rings. The zero-order valence-corrected chi connectivity index (χ0v) is 17.3. The van der Waals surface area contributed by atoms with Gasteiger partial charge in [0.1, 0.15) is 5.75 Å². The van der Waals surface area contributed by atoms with E-state index in [4.69, 9.17) is 14.2 Å². The van der Waals surface area contributed by atoms with Crippen LogP contribution in [0.2, 0.25) is 0 Å². The van der Waals surface area contributed by atoms with Gasteiger partial charge in [-0.2, -0.15) is 0 Å². The van der Waals surface area contributed by atoms with Crippen molar-refractivity contribution in [2.24, 2.45) is 0 Å². The lowest BCUT2D eigenvalue weighted by molar-refractivity contribution is -0.862. The van der Waals surface area contributed by atoms with Gasteiger partial charge in [0.05, 0.1) is 28.4 Å². The Morgan fingerprint density at radius 1 is 0.926 bits per heavy atom. The number of benzene rings is 1. The van der Waals surface area contributed by atoms with E-state index in [9.17, 15) is 9.59 Å². The highest BCUT2D eigenvalue weighted by molar-refractivity contribution is 5.79. The van der Waals surface area contributed by atoms with E-state index in [1.807, 2.05) is 20.8 Å². The Morgan fingerprint density at radius 2 is 1.44 bits per heavy atom. The van der Waals surface area contributed by atoms with Crippen molar-refractivity contribution in [3.05, 3.63) is 17.7 Å². The van der Waals surface area contributed by atoms with Crippen LogP contribution in [0.3, 0.4) is 0 Å². The molecule has 27 heavy (non-hydrogen) atoms. The molecule has 0 aliphatic carbocycles. The Hall–Kier alpha value is -2.48. The van der Waals surface area contributed by atoms with Gasteiger partial charge in [-0.05, 0) is 26.8 Å². The standard InChI is InChI=1S/C19H31N3O5/c1-19(2,3)21-18(24)12-22(4)11-17(23)20-10-13-8-15(26-6)16(27-7)9-14(13)25-5/h8-9H,10-12H2,1-7H3,(H,20,23)(H,21,24)/p+1. The summed E-state index contributed by atoms with van der Waals surface area (Å²) in [5.74, 6) is 1.46. The number of methoxy groups -OCH3 is 3. The van der Waals surface area contributed by atoms with E-state index in [-0.39, 0.29) is 37.0 Å². The fraction of sp³-hybridized carbons (Fsp3) is 0.579. The molecule has 1 aromatic rings. The Kier molecular flexibility index (Phi) is 8.36. The quantitative estimate of drug-likeness (QED) is 0.548. The zero-order valence-electron chi connectivity index (χ0n) is 17.3. The number of hydrogen-bond acceptors (Lipinski definition) is 5. The molecule has 152 valence electrons. The lowest BCUT2D eigenvalue weighted by Gasteiger charge is -2.21. The van der Waals surface area contributed by atoms with Crippen molar-refractivity contribution >= 4 is 11.8 Å². The summed E-state index contributed by atoms with van der Waals surface area (Å²) in [5, 5.41) is 5.73. The Labute approximate surface area is 161 Å². The van der Waals surface area contributed by atoms with E-state index < -0.39 is 0 Å². The van der Waals surface area contributed by atoms with Gasteiger partial charge in [0, 0.05) is 23.7 Å². The molecule has 1 atom stereocenters. The van der Waals surface area contributed by atoms with Crippen LogP contribution in [0.4, 0.5) is 0 Å². The molecule has 0 spiro atoms.